The largest absolute Gasteiger partial charge is 0.490 e. The van der Waals surface area contributed by atoms with E-state index in [0.717, 1.165) is 22.6 Å². The average Bonchev–Trinajstić information content (AvgIpc) is 2.41. The van der Waals surface area contributed by atoms with Crippen LogP contribution in [0.4, 0.5) is 0 Å². The molecule has 0 aromatic heterocycles. The summed E-state index contributed by atoms with van der Waals surface area (Å²) in [6.07, 6.45) is 1.84. The van der Waals surface area contributed by atoms with Crippen LogP contribution in [0.3, 0.4) is 0 Å². The fraction of sp³-hybridized carbons (Fsp3) is 0.647. The van der Waals surface area contributed by atoms with Gasteiger partial charge in [0.15, 0.2) is 0 Å². The summed E-state index contributed by atoms with van der Waals surface area (Å²) < 4.78 is 6.57. The Kier molecular flexibility index (Phi) is 8.30. The minimum Gasteiger partial charge on any atom is -0.490 e. The highest BCUT2D eigenvalue weighted by molar-refractivity contribution is 9.10. The SMILES string of the molecule is Cc1ccc(OCC(O)CNC(C)CCC(C)C)c(Br)c1. The Morgan fingerprint density at radius 3 is 2.57 bits per heavy atom. The summed E-state index contributed by atoms with van der Waals surface area (Å²) >= 11 is 3.47. The van der Waals surface area contributed by atoms with Crippen molar-refractivity contribution in [2.45, 2.75) is 52.7 Å². The van der Waals surface area contributed by atoms with Crippen LogP contribution in [0.2, 0.25) is 0 Å². The predicted octanol–water partition coefficient (Wildman–Crippen LogP) is 3.91. The zero-order valence-electron chi connectivity index (χ0n) is 13.5. The third kappa shape index (κ3) is 7.84. The van der Waals surface area contributed by atoms with Gasteiger partial charge in [0.2, 0.25) is 0 Å². The van der Waals surface area contributed by atoms with Crippen LogP contribution in [-0.2, 0) is 0 Å². The Bertz CT molecular complexity index is 423. The molecule has 1 rings (SSSR count). The molecule has 0 fully saturated rings. The number of rotatable bonds is 9. The van der Waals surface area contributed by atoms with Gasteiger partial charge in [-0.15, -0.1) is 0 Å². The summed E-state index contributed by atoms with van der Waals surface area (Å²) in [6, 6.07) is 6.35. The second kappa shape index (κ2) is 9.44. The van der Waals surface area contributed by atoms with Crippen LogP contribution >= 0.6 is 15.9 Å². The number of aryl methyl sites for hydroxylation is 1. The molecule has 0 saturated carbocycles. The van der Waals surface area contributed by atoms with Crippen LogP contribution in [0, 0.1) is 12.8 Å². The number of hydrogen-bond acceptors (Lipinski definition) is 3. The molecule has 0 heterocycles. The highest BCUT2D eigenvalue weighted by Gasteiger charge is 2.10. The minimum absolute atomic E-state index is 0.297. The molecule has 120 valence electrons. The molecule has 2 N–H and O–H groups in total. The molecule has 0 aliphatic rings. The van der Waals surface area contributed by atoms with Gasteiger partial charge in [-0.1, -0.05) is 19.9 Å². The van der Waals surface area contributed by atoms with E-state index in [-0.39, 0.29) is 0 Å². The van der Waals surface area contributed by atoms with Crippen LogP contribution in [-0.4, -0.2) is 30.4 Å². The number of benzene rings is 1. The lowest BCUT2D eigenvalue weighted by Gasteiger charge is -2.18. The molecule has 1 aromatic rings. The quantitative estimate of drug-likeness (QED) is 0.703. The molecule has 2 unspecified atom stereocenters. The highest BCUT2D eigenvalue weighted by atomic mass is 79.9. The van der Waals surface area contributed by atoms with E-state index in [1.807, 2.05) is 25.1 Å². The van der Waals surface area contributed by atoms with E-state index in [0.29, 0.717) is 19.2 Å². The molecule has 2 atom stereocenters. The summed E-state index contributed by atoms with van der Waals surface area (Å²) in [5.74, 6) is 1.49. The molecule has 0 saturated heterocycles. The fourth-order valence-electron chi connectivity index (χ4n) is 1.99. The molecule has 4 heteroatoms. The normalized spacial score (nSPS) is 14.2. The van der Waals surface area contributed by atoms with Crippen molar-refractivity contribution in [2.24, 2.45) is 5.92 Å². The lowest BCUT2D eigenvalue weighted by Crippen LogP contribution is -2.36. The van der Waals surface area contributed by atoms with E-state index in [1.54, 1.807) is 0 Å². The van der Waals surface area contributed by atoms with Crippen molar-refractivity contribution in [3.8, 4) is 5.75 Å². The lowest BCUT2D eigenvalue weighted by molar-refractivity contribution is 0.103. The predicted molar refractivity (Wildman–Crippen MR) is 91.9 cm³/mol. The zero-order chi connectivity index (χ0) is 15.8. The molecule has 0 spiro atoms. The maximum absolute atomic E-state index is 9.98. The van der Waals surface area contributed by atoms with Crippen LogP contribution in [0.5, 0.6) is 5.75 Å². The van der Waals surface area contributed by atoms with E-state index >= 15 is 0 Å². The maximum Gasteiger partial charge on any atom is 0.133 e. The van der Waals surface area contributed by atoms with E-state index in [4.69, 9.17) is 4.74 Å². The number of aliphatic hydroxyl groups is 1. The van der Waals surface area contributed by atoms with Gasteiger partial charge in [-0.25, -0.2) is 0 Å². The van der Waals surface area contributed by atoms with Crippen LogP contribution < -0.4 is 10.1 Å². The van der Waals surface area contributed by atoms with Gasteiger partial charge in [-0.2, -0.15) is 0 Å². The van der Waals surface area contributed by atoms with Crippen molar-refractivity contribution in [2.75, 3.05) is 13.2 Å². The maximum atomic E-state index is 9.98. The second-order valence-corrected chi connectivity index (χ2v) is 7.03. The number of hydrogen-bond donors (Lipinski definition) is 2. The van der Waals surface area contributed by atoms with Crippen molar-refractivity contribution in [3.05, 3.63) is 28.2 Å². The van der Waals surface area contributed by atoms with E-state index in [1.165, 1.54) is 12.0 Å². The molecule has 0 radical (unpaired) electrons. The Balaban J connectivity index is 2.26. The molecule has 1 aromatic carbocycles. The Morgan fingerprint density at radius 1 is 1.24 bits per heavy atom. The average molecular weight is 358 g/mol. The fourth-order valence-corrected chi connectivity index (χ4v) is 2.60. The number of ether oxygens (including phenoxy) is 1. The van der Waals surface area contributed by atoms with Gasteiger partial charge in [-0.05, 0) is 66.2 Å². The first kappa shape index (κ1) is 18.5. The number of aliphatic hydroxyl groups excluding tert-OH is 1. The first-order valence-corrected chi connectivity index (χ1v) is 8.48. The monoisotopic (exact) mass is 357 g/mol. The van der Waals surface area contributed by atoms with Crippen molar-refractivity contribution in [3.63, 3.8) is 0 Å². The standard InChI is InChI=1S/C17H28BrNO2/c1-12(2)5-7-14(4)19-10-15(20)11-21-17-8-6-13(3)9-16(17)18/h6,8-9,12,14-15,19-20H,5,7,10-11H2,1-4H3. The third-order valence-electron chi connectivity index (χ3n) is 3.40. The number of halogens is 1. The zero-order valence-corrected chi connectivity index (χ0v) is 15.1. The molecule has 0 amide bonds. The first-order valence-electron chi connectivity index (χ1n) is 7.69. The number of nitrogens with one attached hydrogen (secondary N) is 1. The summed E-state index contributed by atoms with van der Waals surface area (Å²) in [4.78, 5) is 0. The van der Waals surface area contributed by atoms with E-state index in [9.17, 15) is 5.11 Å². The minimum atomic E-state index is -0.500. The summed E-state index contributed by atoms with van der Waals surface area (Å²) in [7, 11) is 0. The first-order chi connectivity index (χ1) is 9.88. The topological polar surface area (TPSA) is 41.5 Å². The van der Waals surface area contributed by atoms with Gasteiger partial charge in [0.25, 0.3) is 0 Å². The second-order valence-electron chi connectivity index (χ2n) is 6.18. The lowest BCUT2D eigenvalue weighted by atomic mass is 10.0. The summed E-state index contributed by atoms with van der Waals surface area (Å²) in [5, 5.41) is 13.3. The molecule has 0 aliphatic carbocycles. The molecule has 0 aliphatic heterocycles. The van der Waals surface area contributed by atoms with Gasteiger partial charge in [0.1, 0.15) is 18.5 Å². The van der Waals surface area contributed by atoms with Crippen LogP contribution in [0.15, 0.2) is 22.7 Å². The Morgan fingerprint density at radius 2 is 1.95 bits per heavy atom. The molecule has 21 heavy (non-hydrogen) atoms. The van der Waals surface area contributed by atoms with Crippen molar-refractivity contribution in [1.29, 1.82) is 0 Å². The van der Waals surface area contributed by atoms with Crippen LogP contribution in [0.1, 0.15) is 39.2 Å². The van der Waals surface area contributed by atoms with E-state index < -0.39 is 6.10 Å². The summed E-state index contributed by atoms with van der Waals surface area (Å²) in [6.45, 7) is 9.51. The molecule has 3 nitrogen and oxygen atoms in total. The Hall–Kier alpha value is -0.580. The Labute approximate surface area is 137 Å². The third-order valence-corrected chi connectivity index (χ3v) is 4.02. The van der Waals surface area contributed by atoms with Gasteiger partial charge in [-0.3, -0.25) is 0 Å². The van der Waals surface area contributed by atoms with Gasteiger partial charge < -0.3 is 15.2 Å². The summed E-state index contributed by atoms with van der Waals surface area (Å²) in [5.41, 5.74) is 1.18. The van der Waals surface area contributed by atoms with Crippen molar-refractivity contribution >= 4 is 15.9 Å². The van der Waals surface area contributed by atoms with Gasteiger partial charge >= 0.3 is 0 Å². The van der Waals surface area contributed by atoms with Crippen molar-refractivity contribution in [1.82, 2.24) is 5.32 Å². The van der Waals surface area contributed by atoms with Crippen molar-refractivity contribution < 1.29 is 9.84 Å². The molecular formula is C17H28BrNO2. The van der Waals surface area contributed by atoms with Crippen LogP contribution in [0.25, 0.3) is 0 Å². The van der Waals surface area contributed by atoms with E-state index in [2.05, 4.69) is 42.0 Å². The molecule has 0 bridgehead atoms. The molecular weight excluding hydrogens is 330 g/mol. The highest BCUT2D eigenvalue weighted by Crippen LogP contribution is 2.25. The smallest absolute Gasteiger partial charge is 0.133 e. The van der Waals surface area contributed by atoms with Gasteiger partial charge in [0.05, 0.1) is 4.47 Å². The van der Waals surface area contributed by atoms with Gasteiger partial charge in [0, 0.05) is 12.6 Å².